The minimum atomic E-state index is 0.730. The van der Waals surface area contributed by atoms with Crippen molar-refractivity contribution in [1.82, 2.24) is 4.98 Å². The summed E-state index contributed by atoms with van der Waals surface area (Å²) in [6.07, 6.45) is 6.14. The van der Waals surface area contributed by atoms with Gasteiger partial charge >= 0.3 is 0 Å². The molecule has 0 radical (unpaired) electrons. The average Bonchev–Trinajstić information content (AvgIpc) is 2.84. The van der Waals surface area contributed by atoms with Gasteiger partial charge in [-0.2, -0.15) is 0 Å². The van der Waals surface area contributed by atoms with Crippen LogP contribution in [-0.4, -0.2) is 4.98 Å². The zero-order chi connectivity index (χ0) is 9.71. The van der Waals surface area contributed by atoms with Crippen LogP contribution in [-0.2, 0) is 12.8 Å². The molecule has 2 aliphatic rings. The van der Waals surface area contributed by atoms with Crippen LogP contribution in [0.3, 0.4) is 0 Å². The highest BCUT2D eigenvalue weighted by molar-refractivity contribution is 5.60. The molecule has 0 aromatic carbocycles. The maximum absolute atomic E-state index is 6.24. The number of rotatable bonds is 1. The first-order chi connectivity index (χ1) is 6.77. The van der Waals surface area contributed by atoms with Gasteiger partial charge in [0, 0.05) is 17.1 Å². The zero-order valence-electron chi connectivity index (χ0n) is 8.64. The highest BCUT2D eigenvalue weighted by atomic mass is 14.8. The van der Waals surface area contributed by atoms with Crippen LogP contribution in [0.4, 0.5) is 5.69 Å². The lowest BCUT2D eigenvalue weighted by Gasteiger charge is -2.12. The van der Waals surface area contributed by atoms with E-state index in [-0.39, 0.29) is 0 Å². The van der Waals surface area contributed by atoms with E-state index >= 15 is 0 Å². The Hall–Kier alpha value is -1.05. The van der Waals surface area contributed by atoms with Gasteiger partial charge in [0.1, 0.15) is 0 Å². The largest absolute Gasteiger partial charge is 0.398 e. The number of hydrogen-bond acceptors (Lipinski definition) is 2. The number of aryl methyl sites for hydroxylation is 2. The summed E-state index contributed by atoms with van der Waals surface area (Å²) in [4.78, 5) is 4.70. The molecule has 0 spiro atoms. The topological polar surface area (TPSA) is 38.9 Å². The molecule has 14 heavy (non-hydrogen) atoms. The summed E-state index contributed by atoms with van der Waals surface area (Å²) in [6, 6.07) is 0. The van der Waals surface area contributed by atoms with Crippen molar-refractivity contribution < 1.29 is 0 Å². The minimum absolute atomic E-state index is 0.730. The normalized spacial score (nSPS) is 19.8. The van der Waals surface area contributed by atoms with Crippen LogP contribution in [0.2, 0.25) is 0 Å². The van der Waals surface area contributed by atoms with Gasteiger partial charge in [0.05, 0.1) is 0 Å². The molecule has 0 unspecified atom stereocenters. The van der Waals surface area contributed by atoms with E-state index in [0.717, 1.165) is 24.4 Å². The number of nitrogen functional groups attached to an aromatic ring is 1. The lowest BCUT2D eigenvalue weighted by Crippen LogP contribution is -2.04. The monoisotopic (exact) mass is 188 g/mol. The van der Waals surface area contributed by atoms with E-state index in [9.17, 15) is 0 Å². The van der Waals surface area contributed by atoms with Crippen LogP contribution >= 0.6 is 0 Å². The first-order valence-corrected chi connectivity index (χ1v) is 5.55. The SMILES string of the molecule is Cc1nc2c(c(N)c1C1CC1)CCC2. The van der Waals surface area contributed by atoms with E-state index in [1.807, 2.05) is 0 Å². The number of fused-ring (bicyclic) bond motifs is 1. The van der Waals surface area contributed by atoms with E-state index in [4.69, 9.17) is 10.7 Å². The lowest BCUT2D eigenvalue weighted by molar-refractivity contribution is 0.896. The van der Waals surface area contributed by atoms with Gasteiger partial charge in [0.2, 0.25) is 0 Å². The molecule has 1 aromatic heterocycles. The Balaban J connectivity index is 2.20. The van der Waals surface area contributed by atoms with Crippen molar-refractivity contribution in [2.75, 3.05) is 5.73 Å². The quantitative estimate of drug-likeness (QED) is 0.734. The third-order valence-corrected chi connectivity index (χ3v) is 3.48. The molecule has 1 aromatic rings. The molecule has 1 saturated carbocycles. The number of nitrogens with two attached hydrogens (primary N) is 1. The maximum atomic E-state index is 6.24. The molecule has 2 heteroatoms. The summed E-state index contributed by atoms with van der Waals surface area (Å²) in [5.74, 6) is 0.730. The highest BCUT2D eigenvalue weighted by Gasteiger charge is 2.30. The molecule has 0 aliphatic heterocycles. The van der Waals surface area contributed by atoms with Crippen LogP contribution in [0.15, 0.2) is 0 Å². The van der Waals surface area contributed by atoms with Crippen LogP contribution in [0, 0.1) is 6.92 Å². The van der Waals surface area contributed by atoms with E-state index in [1.165, 1.54) is 41.8 Å². The van der Waals surface area contributed by atoms with Crippen LogP contribution in [0.5, 0.6) is 0 Å². The lowest BCUT2D eigenvalue weighted by atomic mass is 10.0. The Kier molecular flexibility index (Phi) is 1.61. The minimum Gasteiger partial charge on any atom is -0.398 e. The van der Waals surface area contributed by atoms with Crippen molar-refractivity contribution in [2.24, 2.45) is 0 Å². The summed E-state index contributed by atoms with van der Waals surface area (Å²) in [7, 11) is 0. The standard InChI is InChI=1S/C12H16N2/c1-7-11(8-5-6-8)12(13)9-3-2-4-10(9)14-7/h8H,2-6H2,1H3,(H2,13,14). The van der Waals surface area contributed by atoms with Gasteiger partial charge in [-0.1, -0.05) is 0 Å². The molecule has 74 valence electrons. The molecule has 1 fully saturated rings. The molecular weight excluding hydrogens is 172 g/mol. The van der Waals surface area contributed by atoms with Crippen LogP contribution in [0.25, 0.3) is 0 Å². The van der Waals surface area contributed by atoms with Crippen molar-refractivity contribution >= 4 is 5.69 Å². The Morgan fingerprint density at radius 2 is 2.07 bits per heavy atom. The fourth-order valence-corrected chi connectivity index (χ4v) is 2.65. The second-order valence-electron chi connectivity index (χ2n) is 4.58. The molecule has 1 heterocycles. The number of aromatic nitrogens is 1. The van der Waals surface area contributed by atoms with E-state index in [1.54, 1.807) is 0 Å². The van der Waals surface area contributed by atoms with Crippen molar-refractivity contribution in [2.45, 2.75) is 44.9 Å². The zero-order valence-corrected chi connectivity index (χ0v) is 8.64. The molecular formula is C12H16N2. The van der Waals surface area contributed by atoms with Gasteiger partial charge in [0.25, 0.3) is 0 Å². The van der Waals surface area contributed by atoms with Gasteiger partial charge in [0.15, 0.2) is 0 Å². The first-order valence-electron chi connectivity index (χ1n) is 5.55. The van der Waals surface area contributed by atoms with Gasteiger partial charge in [-0.25, -0.2) is 0 Å². The smallest absolute Gasteiger partial charge is 0.0459 e. The third-order valence-electron chi connectivity index (χ3n) is 3.48. The van der Waals surface area contributed by atoms with Crippen molar-refractivity contribution in [3.63, 3.8) is 0 Å². The van der Waals surface area contributed by atoms with Crippen molar-refractivity contribution in [3.8, 4) is 0 Å². The second-order valence-corrected chi connectivity index (χ2v) is 4.58. The number of nitrogens with zero attached hydrogens (tertiary/aromatic N) is 1. The number of anilines is 1. The third kappa shape index (κ3) is 1.06. The predicted octanol–water partition coefficient (Wildman–Crippen LogP) is 2.34. The molecule has 2 nitrogen and oxygen atoms in total. The molecule has 2 N–H and O–H groups in total. The molecule has 0 atom stereocenters. The molecule has 0 saturated heterocycles. The molecule has 0 amide bonds. The Labute approximate surface area is 84.5 Å². The molecule has 2 aliphatic carbocycles. The van der Waals surface area contributed by atoms with Gasteiger partial charge in [-0.15, -0.1) is 0 Å². The predicted molar refractivity (Wildman–Crippen MR) is 57.4 cm³/mol. The summed E-state index contributed by atoms with van der Waals surface area (Å²) in [5.41, 5.74) is 12.5. The van der Waals surface area contributed by atoms with Crippen LogP contribution in [0.1, 0.15) is 47.7 Å². The van der Waals surface area contributed by atoms with Gasteiger partial charge in [-0.05, 0) is 56.1 Å². The summed E-state index contributed by atoms with van der Waals surface area (Å²) in [5, 5.41) is 0. The van der Waals surface area contributed by atoms with E-state index in [0.29, 0.717) is 0 Å². The Bertz CT molecular complexity index is 392. The van der Waals surface area contributed by atoms with Crippen LogP contribution < -0.4 is 5.73 Å². The first kappa shape index (κ1) is 8.27. The Morgan fingerprint density at radius 3 is 2.79 bits per heavy atom. The maximum Gasteiger partial charge on any atom is 0.0459 e. The van der Waals surface area contributed by atoms with Gasteiger partial charge in [-0.3, -0.25) is 4.98 Å². The fraction of sp³-hybridized carbons (Fsp3) is 0.583. The van der Waals surface area contributed by atoms with E-state index < -0.39 is 0 Å². The average molecular weight is 188 g/mol. The van der Waals surface area contributed by atoms with Crippen molar-refractivity contribution in [1.29, 1.82) is 0 Å². The summed E-state index contributed by atoms with van der Waals surface area (Å²) in [6.45, 7) is 2.11. The number of pyridine rings is 1. The summed E-state index contributed by atoms with van der Waals surface area (Å²) < 4.78 is 0. The highest BCUT2D eigenvalue weighted by Crippen LogP contribution is 2.46. The fourth-order valence-electron chi connectivity index (χ4n) is 2.65. The Morgan fingerprint density at radius 1 is 1.29 bits per heavy atom. The van der Waals surface area contributed by atoms with E-state index in [2.05, 4.69) is 6.92 Å². The van der Waals surface area contributed by atoms with Crippen molar-refractivity contribution in [3.05, 3.63) is 22.5 Å². The molecule has 3 rings (SSSR count). The second kappa shape index (κ2) is 2.72. The number of hydrogen-bond donors (Lipinski definition) is 1. The molecule has 0 bridgehead atoms. The van der Waals surface area contributed by atoms with Gasteiger partial charge < -0.3 is 5.73 Å². The summed E-state index contributed by atoms with van der Waals surface area (Å²) >= 11 is 0.